The summed E-state index contributed by atoms with van der Waals surface area (Å²) in [4.78, 5) is 2.38. The summed E-state index contributed by atoms with van der Waals surface area (Å²) < 4.78 is 6.15. The SMILES string of the molecule is O[C@H]1C(N2c3ccccc3CCc3ccccc32)CC[C@H]1OCc1ccccc1. The summed E-state index contributed by atoms with van der Waals surface area (Å²) in [5.41, 5.74) is 6.30. The molecule has 0 radical (unpaired) electrons. The first-order valence-electron chi connectivity index (χ1n) is 10.6. The molecule has 1 heterocycles. The van der Waals surface area contributed by atoms with Crippen LogP contribution < -0.4 is 4.90 Å². The zero-order valence-corrected chi connectivity index (χ0v) is 16.6. The number of hydrogen-bond donors (Lipinski definition) is 1. The average molecular weight is 386 g/mol. The Kier molecular flexibility index (Phi) is 5.09. The van der Waals surface area contributed by atoms with Gasteiger partial charge in [-0.2, -0.15) is 0 Å². The van der Waals surface area contributed by atoms with Crippen LogP contribution in [0.4, 0.5) is 11.4 Å². The van der Waals surface area contributed by atoms with Gasteiger partial charge >= 0.3 is 0 Å². The van der Waals surface area contributed by atoms with Gasteiger partial charge in [0.15, 0.2) is 0 Å². The van der Waals surface area contributed by atoms with E-state index in [4.69, 9.17) is 4.74 Å². The number of fused-ring (bicyclic) bond motifs is 2. The van der Waals surface area contributed by atoms with Gasteiger partial charge in [0.25, 0.3) is 0 Å². The van der Waals surface area contributed by atoms with Crippen LogP contribution in [0, 0.1) is 0 Å². The minimum atomic E-state index is -0.516. The molecular weight excluding hydrogens is 358 g/mol. The maximum Gasteiger partial charge on any atom is 0.101 e. The highest BCUT2D eigenvalue weighted by atomic mass is 16.5. The van der Waals surface area contributed by atoms with E-state index in [0.717, 1.165) is 31.2 Å². The third-order valence-corrected chi connectivity index (χ3v) is 6.33. The molecule has 3 aromatic rings. The summed E-state index contributed by atoms with van der Waals surface area (Å²) >= 11 is 0. The van der Waals surface area contributed by atoms with E-state index in [-0.39, 0.29) is 12.1 Å². The largest absolute Gasteiger partial charge is 0.388 e. The molecule has 1 aliphatic carbocycles. The number of ether oxygens (including phenoxy) is 1. The Morgan fingerprint density at radius 3 is 2.00 bits per heavy atom. The molecule has 1 unspecified atom stereocenters. The van der Waals surface area contributed by atoms with Crippen LogP contribution in [-0.2, 0) is 24.2 Å². The van der Waals surface area contributed by atoms with Gasteiger partial charge < -0.3 is 14.7 Å². The third-order valence-electron chi connectivity index (χ3n) is 6.33. The standard InChI is InChI=1S/C26H27NO2/c28-26-24(16-17-25(26)29-18-19-8-2-1-3-9-19)27-22-12-6-4-10-20(22)14-15-21-11-5-7-13-23(21)27/h1-13,24-26,28H,14-18H2/t24?,25-,26+/m1/s1. The van der Waals surface area contributed by atoms with Crippen LogP contribution in [0.1, 0.15) is 29.5 Å². The average Bonchev–Trinajstić information content (AvgIpc) is 3.04. The fourth-order valence-electron chi connectivity index (χ4n) is 4.84. The Labute approximate surface area is 172 Å². The number of rotatable bonds is 4. The van der Waals surface area contributed by atoms with Crippen molar-refractivity contribution in [3.8, 4) is 0 Å². The van der Waals surface area contributed by atoms with E-state index in [1.807, 2.05) is 18.2 Å². The zero-order valence-electron chi connectivity index (χ0n) is 16.6. The third kappa shape index (κ3) is 3.57. The van der Waals surface area contributed by atoms with Gasteiger partial charge in [0.05, 0.1) is 18.8 Å². The minimum absolute atomic E-state index is 0.0242. The Morgan fingerprint density at radius 1 is 0.759 bits per heavy atom. The number of aliphatic hydroxyl groups is 1. The monoisotopic (exact) mass is 385 g/mol. The molecule has 1 saturated carbocycles. The summed E-state index contributed by atoms with van der Waals surface area (Å²) in [5.74, 6) is 0. The molecule has 3 aromatic carbocycles. The molecule has 0 saturated heterocycles. The first-order valence-corrected chi connectivity index (χ1v) is 10.6. The normalized spacial score (nSPS) is 23.3. The predicted molar refractivity (Wildman–Crippen MR) is 116 cm³/mol. The van der Waals surface area contributed by atoms with E-state index in [1.165, 1.54) is 22.5 Å². The van der Waals surface area contributed by atoms with E-state index in [2.05, 4.69) is 65.6 Å². The molecule has 3 nitrogen and oxygen atoms in total. The van der Waals surface area contributed by atoms with E-state index >= 15 is 0 Å². The number of anilines is 2. The van der Waals surface area contributed by atoms with Crippen LogP contribution in [0.5, 0.6) is 0 Å². The molecule has 0 bridgehead atoms. The van der Waals surface area contributed by atoms with Gasteiger partial charge in [0.2, 0.25) is 0 Å². The Bertz CT molecular complexity index is 924. The molecule has 1 N–H and O–H groups in total. The topological polar surface area (TPSA) is 32.7 Å². The van der Waals surface area contributed by atoms with Crippen molar-refractivity contribution in [3.63, 3.8) is 0 Å². The fraction of sp³-hybridized carbons (Fsp3) is 0.308. The lowest BCUT2D eigenvalue weighted by molar-refractivity contribution is -0.0312. The van der Waals surface area contributed by atoms with Gasteiger partial charge in [-0.05, 0) is 54.5 Å². The molecule has 3 atom stereocenters. The number of aryl methyl sites for hydroxylation is 2. The van der Waals surface area contributed by atoms with Crippen molar-refractivity contribution in [2.75, 3.05) is 4.90 Å². The lowest BCUT2D eigenvalue weighted by Crippen LogP contribution is -2.42. The van der Waals surface area contributed by atoms with E-state index in [9.17, 15) is 5.11 Å². The van der Waals surface area contributed by atoms with Crippen molar-refractivity contribution in [3.05, 3.63) is 95.6 Å². The number of hydrogen-bond acceptors (Lipinski definition) is 3. The predicted octanol–water partition coefficient (Wildman–Crippen LogP) is 5.03. The van der Waals surface area contributed by atoms with Crippen molar-refractivity contribution in [1.29, 1.82) is 0 Å². The van der Waals surface area contributed by atoms with Crippen LogP contribution in [0.15, 0.2) is 78.9 Å². The highest BCUT2D eigenvalue weighted by Gasteiger charge is 2.41. The summed E-state index contributed by atoms with van der Waals surface area (Å²) in [6.45, 7) is 0.544. The maximum atomic E-state index is 11.3. The molecule has 3 heteroatoms. The van der Waals surface area contributed by atoms with E-state index < -0.39 is 6.10 Å². The Balaban J connectivity index is 1.43. The van der Waals surface area contributed by atoms with Gasteiger partial charge in [-0.25, -0.2) is 0 Å². The van der Waals surface area contributed by atoms with Crippen LogP contribution in [0.2, 0.25) is 0 Å². The van der Waals surface area contributed by atoms with Crippen molar-refractivity contribution in [2.24, 2.45) is 0 Å². The highest BCUT2D eigenvalue weighted by Crippen LogP contribution is 2.42. The molecule has 0 aromatic heterocycles. The lowest BCUT2D eigenvalue weighted by Gasteiger charge is -2.35. The molecular formula is C26H27NO2. The Hall–Kier alpha value is -2.62. The zero-order chi connectivity index (χ0) is 19.6. The van der Waals surface area contributed by atoms with Crippen molar-refractivity contribution in [1.82, 2.24) is 0 Å². The van der Waals surface area contributed by atoms with Crippen molar-refractivity contribution in [2.45, 2.75) is 50.5 Å². The van der Waals surface area contributed by atoms with Crippen LogP contribution in [0.3, 0.4) is 0 Å². The molecule has 1 fully saturated rings. The second-order valence-electron chi connectivity index (χ2n) is 8.10. The second-order valence-corrected chi connectivity index (χ2v) is 8.10. The quantitative estimate of drug-likeness (QED) is 0.684. The molecule has 5 rings (SSSR count). The number of para-hydroxylation sites is 2. The molecule has 0 spiro atoms. The molecule has 148 valence electrons. The fourth-order valence-corrected chi connectivity index (χ4v) is 4.84. The Morgan fingerprint density at radius 2 is 1.34 bits per heavy atom. The van der Waals surface area contributed by atoms with E-state index in [1.54, 1.807) is 0 Å². The molecule has 29 heavy (non-hydrogen) atoms. The maximum absolute atomic E-state index is 11.3. The summed E-state index contributed by atoms with van der Waals surface area (Å²) in [6.07, 6.45) is 3.20. The van der Waals surface area contributed by atoms with Gasteiger partial charge in [-0.15, -0.1) is 0 Å². The molecule has 1 aliphatic heterocycles. The summed E-state index contributed by atoms with van der Waals surface area (Å²) in [5, 5.41) is 11.3. The summed E-state index contributed by atoms with van der Waals surface area (Å²) in [7, 11) is 0. The van der Waals surface area contributed by atoms with Crippen LogP contribution >= 0.6 is 0 Å². The van der Waals surface area contributed by atoms with Gasteiger partial charge in [-0.3, -0.25) is 0 Å². The minimum Gasteiger partial charge on any atom is -0.388 e. The molecule has 0 amide bonds. The van der Waals surface area contributed by atoms with Gasteiger partial charge in [0, 0.05) is 11.4 Å². The highest BCUT2D eigenvalue weighted by molar-refractivity contribution is 5.72. The van der Waals surface area contributed by atoms with Gasteiger partial charge in [0.1, 0.15) is 6.10 Å². The summed E-state index contributed by atoms with van der Waals surface area (Å²) in [6, 6.07) is 27.5. The van der Waals surface area contributed by atoms with Crippen LogP contribution in [0.25, 0.3) is 0 Å². The smallest absolute Gasteiger partial charge is 0.101 e. The first kappa shape index (κ1) is 18.4. The van der Waals surface area contributed by atoms with E-state index in [0.29, 0.717) is 6.61 Å². The number of aliphatic hydroxyl groups excluding tert-OH is 1. The van der Waals surface area contributed by atoms with Gasteiger partial charge in [-0.1, -0.05) is 66.7 Å². The van der Waals surface area contributed by atoms with Crippen molar-refractivity contribution >= 4 is 11.4 Å². The number of nitrogens with zero attached hydrogens (tertiary/aromatic N) is 1. The second kappa shape index (κ2) is 8.02. The molecule has 2 aliphatic rings. The number of benzene rings is 3. The first-order chi connectivity index (χ1) is 14.3. The lowest BCUT2D eigenvalue weighted by atomic mass is 10.0. The van der Waals surface area contributed by atoms with Crippen molar-refractivity contribution < 1.29 is 9.84 Å². The van der Waals surface area contributed by atoms with Crippen LogP contribution in [-0.4, -0.2) is 23.4 Å².